The van der Waals surface area contributed by atoms with Crippen molar-refractivity contribution in [3.8, 4) is 0 Å². The van der Waals surface area contributed by atoms with Crippen LogP contribution >= 0.6 is 0 Å². The van der Waals surface area contributed by atoms with Crippen LogP contribution in [0.4, 0.5) is 4.39 Å². The smallest absolute Gasteiger partial charge is 0.123 e. The quantitative estimate of drug-likeness (QED) is 0.924. The predicted octanol–water partition coefficient (Wildman–Crippen LogP) is 2.39. The van der Waals surface area contributed by atoms with Gasteiger partial charge in [-0.25, -0.2) is 4.39 Å². The van der Waals surface area contributed by atoms with Gasteiger partial charge >= 0.3 is 0 Å². The van der Waals surface area contributed by atoms with Crippen LogP contribution in [0.15, 0.2) is 24.3 Å². The first-order valence-electron chi connectivity index (χ1n) is 8.20. The van der Waals surface area contributed by atoms with Crippen LogP contribution in [0.1, 0.15) is 37.3 Å². The minimum absolute atomic E-state index is 0.0244. The van der Waals surface area contributed by atoms with E-state index in [0.29, 0.717) is 0 Å². The first kappa shape index (κ1) is 14.9. The first-order chi connectivity index (χ1) is 10.2. The highest BCUT2D eigenvalue weighted by molar-refractivity contribution is 5.19. The number of nitrogens with zero attached hydrogens (tertiary/aromatic N) is 2. The van der Waals surface area contributed by atoms with Crippen molar-refractivity contribution in [3.63, 3.8) is 0 Å². The third kappa shape index (κ3) is 3.82. The molecule has 21 heavy (non-hydrogen) atoms. The molecule has 0 bridgehead atoms. The van der Waals surface area contributed by atoms with Crippen LogP contribution in [-0.2, 0) is 0 Å². The fourth-order valence-corrected chi connectivity index (χ4v) is 3.67. The maximum absolute atomic E-state index is 12.9. The summed E-state index contributed by atoms with van der Waals surface area (Å²) in [5, 5.41) is 0. The van der Waals surface area contributed by atoms with Crippen molar-refractivity contribution in [1.82, 2.24) is 9.80 Å². The lowest BCUT2D eigenvalue weighted by molar-refractivity contribution is 0.0942. The summed E-state index contributed by atoms with van der Waals surface area (Å²) in [6, 6.07) is 7.39. The topological polar surface area (TPSA) is 32.5 Å². The van der Waals surface area contributed by atoms with E-state index < -0.39 is 0 Å². The summed E-state index contributed by atoms with van der Waals surface area (Å²) in [6.45, 7) is 5.41. The molecule has 3 nitrogen and oxygen atoms in total. The van der Waals surface area contributed by atoms with Gasteiger partial charge in [-0.3, -0.25) is 9.80 Å². The van der Waals surface area contributed by atoms with Gasteiger partial charge in [-0.05, 0) is 30.5 Å². The number of rotatable bonds is 4. The number of hydrogen-bond acceptors (Lipinski definition) is 3. The highest BCUT2D eigenvalue weighted by atomic mass is 19.1. The van der Waals surface area contributed by atoms with Crippen molar-refractivity contribution in [2.24, 2.45) is 5.73 Å². The molecule has 1 aromatic rings. The van der Waals surface area contributed by atoms with E-state index in [1.54, 1.807) is 12.1 Å². The van der Waals surface area contributed by atoms with Crippen LogP contribution in [0.5, 0.6) is 0 Å². The van der Waals surface area contributed by atoms with Gasteiger partial charge in [-0.2, -0.15) is 0 Å². The SMILES string of the molecule is NC(CN1CCN(C2CCCC2)CC1)c1ccc(F)cc1. The highest BCUT2D eigenvalue weighted by Crippen LogP contribution is 2.24. The van der Waals surface area contributed by atoms with Gasteiger partial charge in [0.25, 0.3) is 0 Å². The summed E-state index contributed by atoms with van der Waals surface area (Å²) in [7, 11) is 0. The van der Waals surface area contributed by atoms with E-state index in [0.717, 1.165) is 31.2 Å². The molecule has 2 fully saturated rings. The molecule has 1 atom stereocenters. The molecule has 1 aliphatic carbocycles. The number of hydrogen-bond donors (Lipinski definition) is 1. The van der Waals surface area contributed by atoms with E-state index in [2.05, 4.69) is 9.80 Å². The van der Waals surface area contributed by atoms with Crippen molar-refractivity contribution in [1.29, 1.82) is 0 Å². The second kappa shape index (κ2) is 6.86. The molecule has 0 aromatic heterocycles. The zero-order valence-corrected chi connectivity index (χ0v) is 12.7. The van der Waals surface area contributed by atoms with Gasteiger partial charge in [0.15, 0.2) is 0 Å². The van der Waals surface area contributed by atoms with Crippen molar-refractivity contribution in [3.05, 3.63) is 35.6 Å². The van der Waals surface area contributed by atoms with Crippen molar-refractivity contribution in [2.45, 2.75) is 37.8 Å². The summed E-state index contributed by atoms with van der Waals surface area (Å²) in [6.07, 6.45) is 5.57. The summed E-state index contributed by atoms with van der Waals surface area (Å²) < 4.78 is 12.9. The lowest BCUT2D eigenvalue weighted by atomic mass is 10.1. The molecule has 0 amide bonds. The summed E-state index contributed by atoms with van der Waals surface area (Å²) in [5.41, 5.74) is 7.28. The van der Waals surface area contributed by atoms with E-state index in [4.69, 9.17) is 5.73 Å². The third-order valence-corrected chi connectivity index (χ3v) is 5.00. The standard InChI is InChI=1S/C17H26FN3/c18-15-7-5-14(6-8-15)17(19)13-20-9-11-21(12-10-20)16-3-1-2-4-16/h5-8,16-17H,1-4,9-13,19H2. The molecule has 116 valence electrons. The maximum Gasteiger partial charge on any atom is 0.123 e. The molecule has 0 spiro atoms. The van der Waals surface area contributed by atoms with Gasteiger partial charge in [0.1, 0.15) is 5.82 Å². The molecule has 1 saturated heterocycles. The number of piperazine rings is 1. The Labute approximate surface area is 126 Å². The number of nitrogens with two attached hydrogens (primary N) is 1. The molecule has 4 heteroatoms. The second-order valence-electron chi connectivity index (χ2n) is 6.43. The Bertz CT molecular complexity index is 434. The zero-order valence-electron chi connectivity index (χ0n) is 12.7. The molecule has 0 radical (unpaired) electrons. The third-order valence-electron chi connectivity index (χ3n) is 5.00. The van der Waals surface area contributed by atoms with Crippen LogP contribution in [0.25, 0.3) is 0 Å². The molecule has 2 aliphatic rings. The van der Waals surface area contributed by atoms with E-state index in [1.165, 1.54) is 50.9 Å². The molecule has 1 heterocycles. The Balaban J connectivity index is 1.47. The fraction of sp³-hybridized carbons (Fsp3) is 0.647. The predicted molar refractivity (Wildman–Crippen MR) is 83.6 cm³/mol. The maximum atomic E-state index is 12.9. The fourth-order valence-electron chi connectivity index (χ4n) is 3.67. The van der Waals surface area contributed by atoms with Crippen molar-refractivity contribution >= 4 is 0 Å². The highest BCUT2D eigenvalue weighted by Gasteiger charge is 2.26. The lowest BCUT2D eigenvalue weighted by Crippen LogP contribution is -2.50. The molecular formula is C17H26FN3. The summed E-state index contributed by atoms with van der Waals surface area (Å²) >= 11 is 0. The normalized spacial score (nSPS) is 23.5. The zero-order chi connectivity index (χ0) is 14.7. The minimum atomic E-state index is -0.198. The van der Waals surface area contributed by atoms with Gasteiger partial charge in [-0.15, -0.1) is 0 Å². The average Bonchev–Trinajstić information content (AvgIpc) is 3.03. The minimum Gasteiger partial charge on any atom is -0.323 e. The molecule has 1 aromatic carbocycles. The lowest BCUT2D eigenvalue weighted by Gasteiger charge is -2.38. The van der Waals surface area contributed by atoms with E-state index in [1.807, 2.05) is 0 Å². The average molecular weight is 291 g/mol. The Hall–Kier alpha value is -0.970. The van der Waals surface area contributed by atoms with E-state index >= 15 is 0 Å². The molecule has 1 aliphatic heterocycles. The van der Waals surface area contributed by atoms with Crippen molar-refractivity contribution in [2.75, 3.05) is 32.7 Å². The first-order valence-corrected chi connectivity index (χ1v) is 8.20. The Morgan fingerprint density at radius 2 is 1.67 bits per heavy atom. The Morgan fingerprint density at radius 3 is 2.29 bits per heavy atom. The second-order valence-corrected chi connectivity index (χ2v) is 6.43. The van der Waals surface area contributed by atoms with E-state index in [-0.39, 0.29) is 11.9 Å². The molecular weight excluding hydrogens is 265 g/mol. The van der Waals surface area contributed by atoms with Crippen molar-refractivity contribution < 1.29 is 4.39 Å². The Morgan fingerprint density at radius 1 is 1.05 bits per heavy atom. The van der Waals surface area contributed by atoms with Gasteiger partial charge in [-0.1, -0.05) is 25.0 Å². The Kier molecular flexibility index (Phi) is 4.88. The molecule has 2 N–H and O–H groups in total. The van der Waals surface area contributed by atoms with Gasteiger partial charge in [0.05, 0.1) is 0 Å². The van der Waals surface area contributed by atoms with Crippen LogP contribution in [0.2, 0.25) is 0 Å². The number of halogens is 1. The molecule has 1 unspecified atom stereocenters. The van der Waals surface area contributed by atoms with Gasteiger partial charge < -0.3 is 5.73 Å². The van der Waals surface area contributed by atoms with Gasteiger partial charge in [0.2, 0.25) is 0 Å². The monoisotopic (exact) mass is 291 g/mol. The molecule has 3 rings (SSSR count). The van der Waals surface area contributed by atoms with Crippen LogP contribution in [0, 0.1) is 5.82 Å². The number of benzene rings is 1. The van der Waals surface area contributed by atoms with Crippen LogP contribution in [-0.4, -0.2) is 48.6 Å². The van der Waals surface area contributed by atoms with Gasteiger partial charge in [0, 0.05) is 44.8 Å². The molecule has 1 saturated carbocycles. The van der Waals surface area contributed by atoms with E-state index in [9.17, 15) is 4.39 Å². The summed E-state index contributed by atoms with van der Waals surface area (Å²) in [5.74, 6) is -0.198. The summed E-state index contributed by atoms with van der Waals surface area (Å²) in [4.78, 5) is 5.10. The van der Waals surface area contributed by atoms with Crippen LogP contribution < -0.4 is 5.73 Å². The largest absolute Gasteiger partial charge is 0.323 e. The van der Waals surface area contributed by atoms with Crippen LogP contribution in [0.3, 0.4) is 0 Å².